The predicted octanol–water partition coefficient (Wildman–Crippen LogP) is 6.61. The van der Waals surface area contributed by atoms with E-state index in [1.165, 1.54) is 44.9 Å². The van der Waals surface area contributed by atoms with Crippen molar-refractivity contribution < 1.29 is 9.59 Å². The van der Waals surface area contributed by atoms with Crippen LogP contribution in [0.15, 0.2) is 0 Å². The van der Waals surface area contributed by atoms with Gasteiger partial charge in [0.05, 0.1) is 11.1 Å². The Bertz CT molecular complexity index is 515. The zero-order valence-corrected chi connectivity index (χ0v) is 22.3. The van der Waals surface area contributed by atoms with Crippen LogP contribution in [-0.4, -0.2) is 34.7 Å². The summed E-state index contributed by atoms with van der Waals surface area (Å²) in [5.74, 6) is 0.660. The number of Topliss-reactive ketones (excluding diaryl/α,β-unsaturated/α-hetero) is 2. The maximum Gasteiger partial charge on any atom is 0.155 e. The Morgan fingerprint density at radius 3 is 1.26 bits per heavy atom. The maximum atomic E-state index is 12.7. The topological polar surface area (TPSA) is 58.2 Å². The van der Waals surface area contributed by atoms with E-state index in [0.717, 1.165) is 25.7 Å². The van der Waals surface area contributed by atoms with Crippen LogP contribution in [-0.2, 0) is 9.59 Å². The Balaban J connectivity index is 3.96. The molecule has 0 aliphatic carbocycles. The lowest BCUT2D eigenvalue weighted by molar-refractivity contribution is -0.128. The van der Waals surface area contributed by atoms with E-state index < -0.39 is 0 Å². The van der Waals surface area contributed by atoms with E-state index in [9.17, 15) is 9.59 Å². The van der Waals surface area contributed by atoms with E-state index in [2.05, 4.69) is 45.3 Å². The Morgan fingerprint density at radius 2 is 0.935 bits per heavy atom. The van der Waals surface area contributed by atoms with E-state index in [0.29, 0.717) is 17.9 Å². The highest BCUT2D eigenvalue weighted by molar-refractivity contribution is 5.89. The van der Waals surface area contributed by atoms with Gasteiger partial charge in [0.2, 0.25) is 0 Å². The van der Waals surface area contributed by atoms with Crippen molar-refractivity contribution in [1.82, 2.24) is 10.6 Å². The molecular weight excluding hydrogens is 384 g/mol. The highest BCUT2D eigenvalue weighted by atomic mass is 16.1. The van der Waals surface area contributed by atoms with Gasteiger partial charge >= 0.3 is 0 Å². The summed E-state index contributed by atoms with van der Waals surface area (Å²) in [4.78, 5) is 24.7. The average molecular weight is 439 g/mol. The highest BCUT2D eigenvalue weighted by Gasteiger charge is 2.34. The van der Waals surface area contributed by atoms with E-state index in [4.69, 9.17) is 0 Å². The van der Waals surface area contributed by atoms with Gasteiger partial charge in [0.15, 0.2) is 5.78 Å². The minimum atomic E-state index is -0.388. The molecule has 4 nitrogen and oxygen atoms in total. The van der Waals surface area contributed by atoms with E-state index in [-0.39, 0.29) is 22.8 Å². The molecular formula is C27H54N2O2. The summed E-state index contributed by atoms with van der Waals surface area (Å²) in [6.07, 6.45) is 12.9. The zero-order valence-electron chi connectivity index (χ0n) is 22.3. The van der Waals surface area contributed by atoms with Gasteiger partial charge in [-0.3, -0.25) is 9.59 Å². The van der Waals surface area contributed by atoms with Gasteiger partial charge in [-0.15, -0.1) is 0 Å². The van der Waals surface area contributed by atoms with Crippen LogP contribution in [0.1, 0.15) is 133 Å². The predicted molar refractivity (Wildman–Crippen MR) is 135 cm³/mol. The highest BCUT2D eigenvalue weighted by Crippen LogP contribution is 2.22. The number of carbonyl (C=O) groups excluding carboxylic acids is 2. The van der Waals surface area contributed by atoms with Crippen LogP contribution in [0.5, 0.6) is 0 Å². The van der Waals surface area contributed by atoms with Crippen molar-refractivity contribution in [3.8, 4) is 0 Å². The first kappa shape index (κ1) is 30.3. The van der Waals surface area contributed by atoms with Crippen molar-refractivity contribution in [2.45, 2.75) is 156 Å². The van der Waals surface area contributed by atoms with Gasteiger partial charge in [-0.1, -0.05) is 71.6 Å². The van der Waals surface area contributed by atoms with Crippen LogP contribution >= 0.6 is 0 Å². The number of hydrogen-bond donors (Lipinski definition) is 2. The molecule has 0 spiro atoms. The Morgan fingerprint density at radius 1 is 0.613 bits per heavy atom. The molecule has 0 saturated carbocycles. The number of unbranched alkanes of at least 4 members (excludes halogenated alkanes) is 8. The fourth-order valence-electron chi connectivity index (χ4n) is 4.72. The molecule has 0 aromatic heterocycles. The largest absolute Gasteiger partial charge is 0.303 e. The summed E-state index contributed by atoms with van der Waals surface area (Å²) in [6, 6.07) is 0.651. The van der Waals surface area contributed by atoms with Gasteiger partial charge in [-0.05, 0) is 61.3 Å². The molecule has 0 radical (unpaired) electrons. The third-order valence-electron chi connectivity index (χ3n) is 6.41. The first-order valence-corrected chi connectivity index (χ1v) is 12.9. The van der Waals surface area contributed by atoms with Crippen molar-refractivity contribution in [2.24, 2.45) is 5.92 Å². The third kappa shape index (κ3) is 12.8. The number of hydrogen-bond acceptors (Lipinski definition) is 4. The molecule has 0 aromatic rings. The van der Waals surface area contributed by atoms with Crippen LogP contribution in [0.3, 0.4) is 0 Å². The van der Waals surface area contributed by atoms with Gasteiger partial charge < -0.3 is 10.6 Å². The Hall–Kier alpha value is -0.740. The number of carbonyl (C=O) groups is 2. The summed E-state index contributed by atoms with van der Waals surface area (Å²) in [5, 5.41) is 6.97. The van der Waals surface area contributed by atoms with Gasteiger partial charge in [0.1, 0.15) is 5.78 Å². The summed E-state index contributed by atoms with van der Waals surface area (Å²) < 4.78 is 0. The molecule has 0 rings (SSSR count). The minimum Gasteiger partial charge on any atom is -0.303 e. The molecule has 184 valence electrons. The van der Waals surface area contributed by atoms with Gasteiger partial charge in [0, 0.05) is 18.0 Å². The molecule has 0 aliphatic rings. The fourth-order valence-corrected chi connectivity index (χ4v) is 4.72. The summed E-state index contributed by atoms with van der Waals surface area (Å²) in [7, 11) is 0. The standard InChI is InChI=1S/C27H54N2O2/c1-21(2)25(31)27(9,29-23(5)6)20-18-16-14-12-10-11-13-15-17-19-26(8,24(7)30)28-22(3)4/h21-23,28-29H,10-20H2,1-9H3/t26-,27-/m0/s1. The Labute approximate surface area is 194 Å². The molecule has 0 saturated heterocycles. The second-order valence-corrected chi connectivity index (χ2v) is 11.0. The smallest absolute Gasteiger partial charge is 0.155 e. The quantitative estimate of drug-likeness (QED) is 0.223. The molecule has 2 N–H and O–H groups in total. The van der Waals surface area contributed by atoms with Crippen LogP contribution < -0.4 is 10.6 Å². The molecule has 0 amide bonds. The number of rotatable bonds is 19. The molecule has 0 aromatic carbocycles. The van der Waals surface area contributed by atoms with Crippen LogP contribution in [0.4, 0.5) is 0 Å². The van der Waals surface area contributed by atoms with E-state index in [1.54, 1.807) is 6.92 Å². The lowest BCUT2D eigenvalue weighted by Gasteiger charge is -2.33. The Kier molecular flexibility index (Phi) is 14.8. The van der Waals surface area contributed by atoms with Gasteiger partial charge in [-0.25, -0.2) is 0 Å². The summed E-state index contributed by atoms with van der Waals surface area (Å²) in [6.45, 7) is 18.3. The summed E-state index contributed by atoms with van der Waals surface area (Å²) in [5.41, 5.74) is -0.759. The second kappa shape index (κ2) is 15.2. The monoisotopic (exact) mass is 438 g/mol. The minimum absolute atomic E-state index is 0.0747. The lowest BCUT2D eigenvalue weighted by Crippen LogP contribution is -2.53. The van der Waals surface area contributed by atoms with E-state index >= 15 is 0 Å². The lowest BCUT2D eigenvalue weighted by atomic mass is 9.83. The molecule has 2 atom stereocenters. The van der Waals surface area contributed by atoms with Crippen molar-refractivity contribution in [3.05, 3.63) is 0 Å². The van der Waals surface area contributed by atoms with Crippen LogP contribution in [0.25, 0.3) is 0 Å². The van der Waals surface area contributed by atoms with Crippen LogP contribution in [0.2, 0.25) is 0 Å². The second-order valence-electron chi connectivity index (χ2n) is 11.0. The molecule has 0 unspecified atom stereocenters. The van der Waals surface area contributed by atoms with Gasteiger partial charge in [-0.2, -0.15) is 0 Å². The fraction of sp³-hybridized carbons (Fsp3) is 0.926. The van der Waals surface area contributed by atoms with Crippen LogP contribution in [0, 0.1) is 5.92 Å². The first-order chi connectivity index (χ1) is 14.3. The molecule has 31 heavy (non-hydrogen) atoms. The maximum absolute atomic E-state index is 12.7. The van der Waals surface area contributed by atoms with Gasteiger partial charge in [0.25, 0.3) is 0 Å². The SMILES string of the molecule is CC(=O)[C@](C)(CCCCCCCCCCC[C@](C)(NC(C)C)C(=O)C(C)C)NC(C)C. The van der Waals surface area contributed by atoms with Crippen molar-refractivity contribution >= 4 is 11.6 Å². The molecule has 0 heterocycles. The average Bonchev–Trinajstić information content (AvgIpc) is 2.64. The molecule has 0 fully saturated rings. The first-order valence-electron chi connectivity index (χ1n) is 12.9. The molecule has 0 aliphatic heterocycles. The normalized spacial score (nSPS) is 16.0. The third-order valence-corrected chi connectivity index (χ3v) is 6.41. The number of ketones is 2. The molecule has 4 heteroatoms. The van der Waals surface area contributed by atoms with Crippen molar-refractivity contribution in [1.29, 1.82) is 0 Å². The number of nitrogens with one attached hydrogen (secondary N) is 2. The van der Waals surface area contributed by atoms with E-state index in [1.807, 2.05) is 20.8 Å². The zero-order chi connectivity index (χ0) is 24.1. The molecule has 0 bridgehead atoms. The summed E-state index contributed by atoms with van der Waals surface area (Å²) >= 11 is 0. The van der Waals surface area contributed by atoms with Crippen molar-refractivity contribution in [3.63, 3.8) is 0 Å². The van der Waals surface area contributed by atoms with Crippen molar-refractivity contribution in [2.75, 3.05) is 0 Å².